The molecule has 0 radical (unpaired) electrons. The maximum absolute atomic E-state index is 13.1. The van der Waals surface area contributed by atoms with E-state index >= 15 is 0 Å². The molecule has 106 valence electrons. The first-order chi connectivity index (χ1) is 8.58. The van der Waals surface area contributed by atoms with Crippen molar-refractivity contribution in [2.75, 3.05) is 20.1 Å². The molecule has 2 rings (SSSR count). The number of hydrogen-bond donors (Lipinski definition) is 1. The number of likely N-dealkylation sites (N-methyl/N-ethyl adjacent to an activating group) is 1. The SMILES string of the molecule is CN(C(=O)Cc1ccc(F)c(Br)c1)C1CCNC1.Cl. The number of hydrogen-bond acceptors (Lipinski definition) is 2. The molecule has 3 nitrogen and oxygen atoms in total. The molecule has 1 fully saturated rings. The predicted octanol–water partition coefficient (Wildman–Crippen LogP) is 2.37. The Morgan fingerprint density at radius 2 is 2.32 bits per heavy atom. The molecule has 19 heavy (non-hydrogen) atoms. The van der Waals surface area contributed by atoms with Crippen molar-refractivity contribution < 1.29 is 9.18 Å². The van der Waals surface area contributed by atoms with Crippen LogP contribution in [0.5, 0.6) is 0 Å². The van der Waals surface area contributed by atoms with Crippen LogP contribution in [-0.4, -0.2) is 37.0 Å². The molecular weight excluding hydrogens is 335 g/mol. The Hall–Kier alpha value is -0.650. The van der Waals surface area contributed by atoms with Gasteiger partial charge in [0.25, 0.3) is 0 Å². The van der Waals surface area contributed by atoms with Gasteiger partial charge in [-0.2, -0.15) is 0 Å². The Kier molecular flexibility index (Phi) is 6.23. The number of carbonyl (C=O) groups excluding carboxylic acids is 1. The van der Waals surface area contributed by atoms with Crippen LogP contribution in [0.25, 0.3) is 0 Å². The first-order valence-electron chi connectivity index (χ1n) is 5.98. The van der Waals surface area contributed by atoms with Crippen LogP contribution >= 0.6 is 28.3 Å². The molecule has 1 saturated heterocycles. The van der Waals surface area contributed by atoms with Crippen molar-refractivity contribution in [3.05, 3.63) is 34.1 Å². The van der Waals surface area contributed by atoms with Gasteiger partial charge in [0.05, 0.1) is 10.9 Å². The van der Waals surface area contributed by atoms with Gasteiger partial charge in [-0.1, -0.05) is 6.07 Å². The minimum Gasteiger partial charge on any atom is -0.341 e. The smallest absolute Gasteiger partial charge is 0.227 e. The van der Waals surface area contributed by atoms with Crippen LogP contribution in [0.15, 0.2) is 22.7 Å². The highest BCUT2D eigenvalue weighted by molar-refractivity contribution is 9.10. The molecule has 1 N–H and O–H groups in total. The van der Waals surface area contributed by atoms with E-state index in [0.717, 1.165) is 25.1 Å². The average Bonchev–Trinajstić information content (AvgIpc) is 2.86. The Bertz CT molecular complexity index is 452. The van der Waals surface area contributed by atoms with E-state index in [4.69, 9.17) is 0 Å². The second kappa shape index (κ2) is 7.22. The summed E-state index contributed by atoms with van der Waals surface area (Å²) in [6.45, 7) is 1.82. The third kappa shape index (κ3) is 4.16. The van der Waals surface area contributed by atoms with Crippen LogP contribution in [-0.2, 0) is 11.2 Å². The normalized spacial score (nSPS) is 17.9. The summed E-state index contributed by atoms with van der Waals surface area (Å²) in [7, 11) is 1.83. The molecule has 1 aromatic carbocycles. The van der Waals surface area contributed by atoms with Crippen molar-refractivity contribution in [3.8, 4) is 0 Å². The van der Waals surface area contributed by atoms with E-state index in [1.54, 1.807) is 17.0 Å². The number of halogens is 3. The van der Waals surface area contributed by atoms with Gasteiger partial charge in [0.15, 0.2) is 0 Å². The van der Waals surface area contributed by atoms with Crippen LogP contribution in [0.3, 0.4) is 0 Å². The van der Waals surface area contributed by atoms with E-state index in [9.17, 15) is 9.18 Å². The zero-order chi connectivity index (χ0) is 13.1. The molecular formula is C13H17BrClFN2O. The van der Waals surface area contributed by atoms with Gasteiger partial charge in [-0.25, -0.2) is 4.39 Å². The summed E-state index contributed by atoms with van der Waals surface area (Å²) in [5.74, 6) is -0.234. The van der Waals surface area contributed by atoms with Gasteiger partial charge < -0.3 is 10.2 Å². The van der Waals surface area contributed by atoms with Crippen molar-refractivity contribution in [2.45, 2.75) is 18.9 Å². The second-order valence-corrected chi connectivity index (χ2v) is 5.43. The van der Waals surface area contributed by atoms with Crippen LogP contribution in [0.2, 0.25) is 0 Å². The average molecular weight is 352 g/mol. The Morgan fingerprint density at radius 3 is 2.89 bits per heavy atom. The van der Waals surface area contributed by atoms with Crippen molar-refractivity contribution >= 4 is 34.2 Å². The van der Waals surface area contributed by atoms with E-state index in [1.807, 2.05) is 7.05 Å². The molecule has 1 aliphatic heterocycles. The lowest BCUT2D eigenvalue weighted by molar-refractivity contribution is -0.130. The number of rotatable bonds is 3. The highest BCUT2D eigenvalue weighted by atomic mass is 79.9. The monoisotopic (exact) mass is 350 g/mol. The van der Waals surface area contributed by atoms with E-state index in [-0.39, 0.29) is 30.2 Å². The van der Waals surface area contributed by atoms with Crippen LogP contribution in [0.4, 0.5) is 4.39 Å². The molecule has 0 saturated carbocycles. The summed E-state index contributed by atoms with van der Waals surface area (Å²) in [5, 5.41) is 3.24. The zero-order valence-electron chi connectivity index (χ0n) is 10.7. The fourth-order valence-corrected chi connectivity index (χ4v) is 2.55. The Morgan fingerprint density at radius 1 is 1.58 bits per heavy atom. The fourth-order valence-electron chi connectivity index (χ4n) is 2.12. The van der Waals surface area contributed by atoms with Crippen LogP contribution < -0.4 is 5.32 Å². The molecule has 1 atom stereocenters. The van der Waals surface area contributed by atoms with Crippen molar-refractivity contribution in [3.63, 3.8) is 0 Å². The van der Waals surface area contributed by atoms with Gasteiger partial charge >= 0.3 is 0 Å². The minimum atomic E-state index is -0.306. The summed E-state index contributed by atoms with van der Waals surface area (Å²) >= 11 is 3.13. The fraction of sp³-hybridized carbons (Fsp3) is 0.462. The molecule has 0 aliphatic carbocycles. The lowest BCUT2D eigenvalue weighted by Gasteiger charge is -2.23. The minimum absolute atomic E-state index is 0. The molecule has 6 heteroatoms. The summed E-state index contributed by atoms with van der Waals surface area (Å²) in [6.07, 6.45) is 1.31. The largest absolute Gasteiger partial charge is 0.341 e. The summed E-state index contributed by atoms with van der Waals surface area (Å²) in [6, 6.07) is 4.97. The lowest BCUT2D eigenvalue weighted by atomic mass is 10.1. The zero-order valence-corrected chi connectivity index (χ0v) is 13.1. The maximum atomic E-state index is 13.1. The number of nitrogens with zero attached hydrogens (tertiary/aromatic N) is 1. The highest BCUT2D eigenvalue weighted by Gasteiger charge is 2.23. The molecule has 0 spiro atoms. The first-order valence-corrected chi connectivity index (χ1v) is 6.77. The lowest BCUT2D eigenvalue weighted by Crippen LogP contribution is -2.39. The quantitative estimate of drug-likeness (QED) is 0.907. The maximum Gasteiger partial charge on any atom is 0.227 e. The summed E-state index contributed by atoms with van der Waals surface area (Å²) in [4.78, 5) is 13.9. The second-order valence-electron chi connectivity index (χ2n) is 4.58. The van der Waals surface area contributed by atoms with Gasteiger partial charge in [0, 0.05) is 19.6 Å². The molecule has 1 aromatic rings. The molecule has 0 aromatic heterocycles. The topological polar surface area (TPSA) is 32.3 Å². The molecule has 1 unspecified atom stereocenters. The van der Waals surface area contributed by atoms with Crippen molar-refractivity contribution in [1.82, 2.24) is 10.2 Å². The predicted molar refractivity (Wildman–Crippen MR) is 79.1 cm³/mol. The standard InChI is InChI=1S/C13H16BrFN2O.ClH/c1-17(10-4-5-16-8-10)13(18)7-9-2-3-12(15)11(14)6-9;/h2-3,6,10,16H,4-5,7-8H2,1H3;1H. The van der Waals surface area contributed by atoms with Crippen LogP contribution in [0.1, 0.15) is 12.0 Å². The summed E-state index contributed by atoms with van der Waals surface area (Å²) < 4.78 is 13.5. The first kappa shape index (κ1) is 16.4. The Balaban J connectivity index is 0.00000180. The van der Waals surface area contributed by atoms with E-state index in [1.165, 1.54) is 6.07 Å². The third-order valence-electron chi connectivity index (χ3n) is 3.31. The van der Waals surface area contributed by atoms with Crippen molar-refractivity contribution in [2.24, 2.45) is 0 Å². The summed E-state index contributed by atoms with van der Waals surface area (Å²) in [5.41, 5.74) is 0.825. The van der Waals surface area contributed by atoms with Crippen LogP contribution in [0, 0.1) is 5.82 Å². The third-order valence-corrected chi connectivity index (χ3v) is 3.92. The number of nitrogens with one attached hydrogen (secondary N) is 1. The molecule has 0 bridgehead atoms. The van der Waals surface area contributed by atoms with E-state index < -0.39 is 0 Å². The van der Waals surface area contributed by atoms with Gasteiger partial charge in [-0.05, 0) is 46.6 Å². The number of carbonyl (C=O) groups is 1. The van der Waals surface area contributed by atoms with Crippen molar-refractivity contribution in [1.29, 1.82) is 0 Å². The number of benzene rings is 1. The Labute approximate surface area is 127 Å². The molecule has 1 heterocycles. The van der Waals surface area contributed by atoms with Gasteiger partial charge in [-0.3, -0.25) is 4.79 Å². The van der Waals surface area contributed by atoms with E-state index in [0.29, 0.717) is 10.9 Å². The number of amides is 1. The molecule has 1 amide bonds. The van der Waals surface area contributed by atoms with Gasteiger partial charge in [0.1, 0.15) is 5.82 Å². The van der Waals surface area contributed by atoms with Gasteiger partial charge in [0.2, 0.25) is 5.91 Å². The van der Waals surface area contributed by atoms with E-state index in [2.05, 4.69) is 21.2 Å². The highest BCUT2D eigenvalue weighted by Crippen LogP contribution is 2.18. The van der Waals surface area contributed by atoms with Gasteiger partial charge in [-0.15, -0.1) is 12.4 Å². The molecule has 1 aliphatic rings.